The van der Waals surface area contributed by atoms with Crippen LogP contribution in [0.15, 0.2) is 129 Å². The first kappa shape index (κ1) is 116. The second-order valence-corrected chi connectivity index (χ2v) is 55.5. The number of carboxylic acid groups (broad SMARTS) is 2. The van der Waals surface area contributed by atoms with E-state index in [2.05, 4.69) is 256 Å². The molecule has 0 amide bonds. The number of ether oxygens (including phenoxy) is 2. The van der Waals surface area contributed by atoms with Gasteiger partial charge in [0.2, 0.25) is 0 Å². The van der Waals surface area contributed by atoms with E-state index in [1.807, 2.05) is 97.1 Å². The molecule has 6 rings (SSSR count). The minimum Gasteiger partial charge on any atom is -1.00 e. The smallest absolute Gasteiger partial charge is 1.00 e. The molecule has 114 heavy (non-hydrogen) atoms. The van der Waals surface area contributed by atoms with Crippen LogP contribution in [0.4, 0.5) is 5.69 Å². The fourth-order valence-corrected chi connectivity index (χ4v) is 38.0. The number of nitrogen functional groups attached to an aromatic ring is 1. The van der Waals surface area contributed by atoms with Gasteiger partial charge in [0.1, 0.15) is 28.7 Å². The van der Waals surface area contributed by atoms with Gasteiger partial charge in [-0.1, -0.05) is 220 Å². The molecule has 0 aliphatic heterocycles. The summed E-state index contributed by atoms with van der Waals surface area (Å²) >= 11 is 7.61. The molecule has 0 aliphatic carbocycles. The largest absolute Gasteiger partial charge is 2.00 e. The first-order valence-corrected chi connectivity index (χ1v) is 50.5. The van der Waals surface area contributed by atoms with Crippen LogP contribution >= 0.6 is 61.1 Å². The number of benzene rings is 6. The molecule has 632 valence electrons. The number of alkyl halides is 1. The summed E-state index contributed by atoms with van der Waals surface area (Å²) in [7, 11) is -6.29. The van der Waals surface area contributed by atoms with E-state index in [4.69, 9.17) is 53.3 Å². The van der Waals surface area contributed by atoms with E-state index in [9.17, 15) is 19.5 Å². The number of aromatic hydroxyl groups is 2. The Morgan fingerprint density at radius 1 is 0.456 bits per heavy atom. The van der Waals surface area contributed by atoms with Crippen molar-refractivity contribution in [1.29, 1.82) is 0 Å². The Morgan fingerprint density at radius 3 is 1.01 bits per heavy atom. The number of aromatic carboxylic acids is 2. The fourth-order valence-electron chi connectivity index (χ4n) is 15.5. The number of rotatable bonds is 30. The minimum absolute atomic E-state index is 0. The third kappa shape index (κ3) is 33.6. The molecule has 0 saturated heterocycles. The number of esters is 1. The van der Waals surface area contributed by atoms with Crippen LogP contribution in [0, 0.1) is 14.1 Å². The Morgan fingerprint density at radius 2 is 0.737 bits per heavy atom. The quantitative estimate of drug-likeness (QED) is 0.00468. The molecule has 6 aromatic rings. The zero-order valence-corrected chi connectivity index (χ0v) is 87.9. The Kier molecular flexibility index (Phi) is 57.9. The van der Waals surface area contributed by atoms with Crippen LogP contribution in [0.5, 0.6) is 34.5 Å². The van der Waals surface area contributed by atoms with E-state index < -0.39 is 45.2 Å². The maximum Gasteiger partial charge on any atom is 2.00 e. The summed E-state index contributed by atoms with van der Waals surface area (Å²) in [6.07, 6.45) is 5.51. The number of hydrogen-bond acceptors (Lipinski definition) is 13. The number of hydrogen-bond donors (Lipinski definition) is 6. The Hall–Kier alpha value is -3.84. The van der Waals surface area contributed by atoms with E-state index in [1.54, 1.807) is 12.1 Å². The van der Waals surface area contributed by atoms with Gasteiger partial charge in [-0.05, 0) is 233 Å². The topological polar surface area (TPSA) is 234 Å². The summed E-state index contributed by atoms with van der Waals surface area (Å²) in [5.74, 6) is 1.03. The number of halogens is 4. The summed E-state index contributed by atoms with van der Waals surface area (Å²) in [4.78, 5) is 32.7. The van der Waals surface area contributed by atoms with Gasteiger partial charge in [-0.3, -0.25) is 0 Å². The molecule has 0 saturated carbocycles. The van der Waals surface area contributed by atoms with Crippen LogP contribution < -0.4 is 40.4 Å². The van der Waals surface area contributed by atoms with Crippen molar-refractivity contribution < 1.29 is 86.9 Å². The monoisotopic (exact) mass is 2020 g/mol. The van der Waals surface area contributed by atoms with E-state index >= 15 is 0 Å². The molecule has 0 spiro atoms. The fraction of sp³-hybridized carbons (Fsp3) is 0.483. The predicted molar refractivity (Wildman–Crippen MR) is 513 cm³/mol. The summed E-state index contributed by atoms with van der Waals surface area (Å²) in [6.45, 7) is 76.1. The zero-order chi connectivity index (χ0) is 86.0. The molecule has 0 radical (unpaired) electrons. The summed E-state index contributed by atoms with van der Waals surface area (Å²) < 4.78 is 37.8. The molecule has 0 bridgehead atoms. The Balaban J connectivity index is -0.000000311. The van der Waals surface area contributed by atoms with E-state index in [0.717, 1.165) is 73.4 Å². The van der Waals surface area contributed by atoms with Gasteiger partial charge < -0.3 is 78.3 Å². The summed E-state index contributed by atoms with van der Waals surface area (Å²) in [6, 6.07) is 32.2. The van der Waals surface area contributed by atoms with Crippen molar-refractivity contribution in [3.63, 3.8) is 0 Å². The standard InChI is InChI=1S/C18H29BrOSi.C18H30O2Si.C18H29OSi.C17H27IO3Si.C7H5IO3.C7H7NO3.C4H10O.BrH.2Mg.2H/c2*1-8-16-9-10-18(11-17(16)12-19)20-21(13(2)3,14(4)5)15(6)7;1-9-17-10-11-18(12-16(17)8)19-20(13(2)3,14(4)5)15(6)7;1-11(2)22(12(3)4,13(5)6)21-14-8-9-16(18)15(10-14)17(19)20-7;2*8-6-2-1-4(9)3-5(6)7(10)11;1-3-5-4-2;;;;;/h8-11,13-15H,1,12H2,2-7H3;8-11,13-15,19H,1,12H2,2-7H3;9-15H,1,8H2,2-7H3;8-13H,1-7H3;1-3,9H,(H,10,11);1-3,9H,8H2,(H,10,11);3-4H2,1-2H3;1H;;;;/q;;-1;;;;;;2*+2;2*-1/p-1. The van der Waals surface area contributed by atoms with Crippen molar-refractivity contribution >= 4 is 182 Å². The van der Waals surface area contributed by atoms with Crippen molar-refractivity contribution in [1.82, 2.24) is 0 Å². The van der Waals surface area contributed by atoms with Gasteiger partial charge in [0.25, 0.3) is 33.3 Å². The first-order chi connectivity index (χ1) is 51.6. The number of methoxy groups -OCH3 is 1. The molecule has 0 heterocycles. The molecular formula is C89H139Br2I2Mg2NO14Si4. The minimum atomic E-state index is -2.01. The van der Waals surface area contributed by atoms with Gasteiger partial charge in [0.15, 0.2) is 0 Å². The molecule has 15 nitrogen and oxygen atoms in total. The van der Waals surface area contributed by atoms with Gasteiger partial charge in [0, 0.05) is 37.1 Å². The Labute approximate surface area is 773 Å². The molecule has 0 aromatic heterocycles. The Bertz CT molecular complexity index is 3650. The van der Waals surface area contributed by atoms with Gasteiger partial charge in [-0.15, -0.1) is 30.4 Å². The number of aliphatic hydroxyl groups excluding tert-OH is 1. The third-order valence-electron chi connectivity index (χ3n) is 20.5. The average Bonchev–Trinajstić information content (AvgIpc) is 0.812. The second-order valence-electron chi connectivity index (χ2n) is 31.1. The van der Waals surface area contributed by atoms with Crippen molar-refractivity contribution in [3.05, 3.63) is 193 Å². The predicted octanol–water partition coefficient (Wildman–Crippen LogP) is 23.7. The first-order valence-electron chi connectivity index (χ1n) is 38.6. The molecule has 0 aliphatic rings. The maximum absolute atomic E-state index is 11.9. The zero-order valence-electron chi connectivity index (χ0n) is 75.6. The van der Waals surface area contributed by atoms with Crippen LogP contribution in [0.1, 0.15) is 247 Å². The summed E-state index contributed by atoms with van der Waals surface area (Å²) in [5.41, 5.74) is 19.0. The van der Waals surface area contributed by atoms with Crippen molar-refractivity contribution in [2.75, 3.05) is 26.1 Å². The molecule has 0 atom stereocenters. The molecule has 0 unspecified atom stereocenters. The SMILES string of the molecule is C=Cc1ccc(O[Si](C(C)C)(C(C)C)C(C)C)cc1CBr.C=Cc1ccc(O[Si](C(C)C)(C(C)C)C(C)C)cc1CO.C=Cc1ccc(O[Si](C(C)C)(C(C)C)C(C)C)cc1[CH2-].CCOCC.COC(=O)c1cc(O[Si](C(C)C)(C(C)C)C(C)C)ccc1I.Nc1ccc(O)cc1C(=O)O.O=C(O)c1cc(O)ccc1I.[Br-].[H-].[H-].[Mg+2].[Mg+2]. The van der Waals surface area contributed by atoms with Gasteiger partial charge in [0.05, 0.1) is 30.4 Å². The van der Waals surface area contributed by atoms with Gasteiger partial charge >= 0.3 is 64.0 Å². The number of phenolic OH excluding ortho intramolecular Hbond substituents is 2. The van der Waals surface area contributed by atoms with Gasteiger partial charge in [-0.2, -0.15) is 12.5 Å². The number of carbonyl (C=O) groups is 3. The van der Waals surface area contributed by atoms with Crippen molar-refractivity contribution in [2.45, 2.75) is 258 Å². The van der Waals surface area contributed by atoms with E-state index in [-0.39, 0.29) is 107 Å². The second kappa shape index (κ2) is 56.6. The van der Waals surface area contributed by atoms with Crippen LogP contribution in [0.3, 0.4) is 0 Å². The molecule has 7 N–H and O–H groups in total. The number of anilines is 1. The summed E-state index contributed by atoms with van der Waals surface area (Å²) in [5, 5.41) is 45.2. The van der Waals surface area contributed by atoms with Crippen LogP contribution in [0.2, 0.25) is 66.5 Å². The molecule has 6 aromatic carbocycles. The van der Waals surface area contributed by atoms with Gasteiger partial charge in [-0.25, -0.2) is 14.4 Å². The molecule has 0 fully saturated rings. The molecule has 25 heteroatoms. The van der Waals surface area contributed by atoms with E-state index in [0.29, 0.717) is 75.6 Å². The normalized spacial score (nSPS) is 11.2. The van der Waals surface area contributed by atoms with E-state index in [1.165, 1.54) is 42.5 Å². The maximum atomic E-state index is 11.9. The van der Waals surface area contributed by atoms with Crippen molar-refractivity contribution in [3.8, 4) is 34.5 Å². The number of carboxylic acids is 2. The molecular weight excluding hydrogens is 1880 g/mol. The van der Waals surface area contributed by atoms with Crippen LogP contribution in [-0.2, 0) is 21.4 Å². The number of phenols is 2. The number of carbonyl (C=O) groups excluding carboxylic acids is 1. The number of aliphatic hydroxyl groups is 1. The third-order valence-corrected chi connectivity index (χ3v) is 47.0. The van der Waals surface area contributed by atoms with Crippen LogP contribution in [-0.4, -0.2) is 143 Å². The van der Waals surface area contributed by atoms with Crippen molar-refractivity contribution in [2.24, 2.45) is 0 Å². The average molecular weight is 2020 g/mol. The van der Waals surface area contributed by atoms with Crippen LogP contribution in [0.25, 0.3) is 18.2 Å². The number of nitrogens with two attached hydrogens (primary N) is 1.